The largest absolute Gasteiger partial charge is 0.257 e. The van der Waals surface area contributed by atoms with Crippen LogP contribution in [0.2, 0.25) is 15.1 Å². The van der Waals surface area contributed by atoms with Crippen LogP contribution in [0.1, 0.15) is 23.6 Å². The van der Waals surface area contributed by atoms with Gasteiger partial charge in [0.25, 0.3) is 0 Å². The second-order valence-electron chi connectivity index (χ2n) is 6.15. The van der Waals surface area contributed by atoms with Gasteiger partial charge in [-0.05, 0) is 53.6 Å². The summed E-state index contributed by atoms with van der Waals surface area (Å²) < 4.78 is 0. The molecule has 1 aliphatic heterocycles. The fraction of sp³-hybridized carbons (Fsp3) is 0.0952. The van der Waals surface area contributed by atoms with E-state index < -0.39 is 0 Å². The summed E-state index contributed by atoms with van der Waals surface area (Å²) in [5.74, 6) is 0. The van der Waals surface area contributed by atoms with Crippen LogP contribution in [0, 0.1) is 0 Å². The predicted molar refractivity (Wildman–Crippen MR) is 111 cm³/mol. The summed E-state index contributed by atoms with van der Waals surface area (Å²) in [6, 6.07) is 23.5. The monoisotopic (exact) mass is 400 g/mol. The Kier molecular flexibility index (Phi) is 4.90. The van der Waals surface area contributed by atoms with Crippen LogP contribution in [0.15, 0.2) is 77.9 Å². The molecule has 3 aromatic carbocycles. The molecule has 0 amide bonds. The molecule has 0 unspecified atom stereocenters. The van der Waals surface area contributed by atoms with Crippen molar-refractivity contribution in [3.63, 3.8) is 0 Å². The summed E-state index contributed by atoms with van der Waals surface area (Å²) in [4.78, 5) is 0. The van der Waals surface area contributed by atoms with Gasteiger partial charge in [0.05, 0.1) is 17.4 Å². The van der Waals surface area contributed by atoms with E-state index in [0.29, 0.717) is 10.0 Å². The average Bonchev–Trinajstić information content (AvgIpc) is 3.08. The van der Waals surface area contributed by atoms with Crippen LogP contribution in [0.5, 0.6) is 0 Å². The van der Waals surface area contributed by atoms with Gasteiger partial charge in [0.15, 0.2) is 0 Å². The van der Waals surface area contributed by atoms with Crippen molar-refractivity contribution < 1.29 is 0 Å². The van der Waals surface area contributed by atoms with Crippen molar-refractivity contribution in [2.24, 2.45) is 5.10 Å². The lowest BCUT2D eigenvalue weighted by Crippen LogP contribution is -2.18. The number of nitrogens with zero attached hydrogens (tertiary/aromatic N) is 2. The van der Waals surface area contributed by atoms with Crippen molar-refractivity contribution in [1.82, 2.24) is 0 Å². The zero-order valence-corrected chi connectivity index (χ0v) is 16.0. The Balaban J connectivity index is 1.75. The highest BCUT2D eigenvalue weighted by molar-refractivity contribution is 6.31. The standard InChI is InChI=1S/C21H15Cl3N2/c22-16-8-4-14(5-9-16)20-13-21(15-6-10-17(23)11-7-15)26(25-20)19-3-1-2-18(24)12-19/h1-12,21H,13H2/t21-/m1/s1. The highest BCUT2D eigenvalue weighted by Gasteiger charge is 2.30. The molecule has 5 heteroatoms. The Morgan fingerprint density at radius 2 is 1.42 bits per heavy atom. The number of hydrogen-bond donors (Lipinski definition) is 0. The molecule has 0 spiro atoms. The number of anilines is 1. The second-order valence-corrected chi connectivity index (χ2v) is 7.46. The third kappa shape index (κ3) is 3.59. The summed E-state index contributed by atoms with van der Waals surface area (Å²) >= 11 is 18.3. The number of benzene rings is 3. The zero-order valence-electron chi connectivity index (χ0n) is 13.7. The van der Waals surface area contributed by atoms with Crippen molar-refractivity contribution in [2.75, 3.05) is 5.01 Å². The minimum absolute atomic E-state index is 0.0800. The van der Waals surface area contributed by atoms with E-state index in [9.17, 15) is 0 Å². The van der Waals surface area contributed by atoms with Gasteiger partial charge in [0.2, 0.25) is 0 Å². The molecule has 0 bridgehead atoms. The smallest absolute Gasteiger partial charge is 0.0831 e. The molecule has 0 radical (unpaired) electrons. The summed E-state index contributed by atoms with van der Waals surface area (Å²) in [6.07, 6.45) is 0.787. The second kappa shape index (κ2) is 7.32. The van der Waals surface area contributed by atoms with Crippen molar-refractivity contribution in [2.45, 2.75) is 12.5 Å². The Labute approximate surface area is 167 Å². The summed E-state index contributed by atoms with van der Waals surface area (Å²) in [7, 11) is 0. The molecule has 0 aliphatic carbocycles. The maximum Gasteiger partial charge on any atom is 0.0831 e. The first-order chi connectivity index (χ1) is 12.6. The predicted octanol–water partition coefficient (Wildman–Crippen LogP) is 7.00. The van der Waals surface area contributed by atoms with Gasteiger partial charge in [-0.3, -0.25) is 5.01 Å². The van der Waals surface area contributed by atoms with Crippen LogP contribution in [0.25, 0.3) is 0 Å². The maximum atomic E-state index is 6.20. The molecule has 0 saturated carbocycles. The van der Waals surface area contributed by atoms with Gasteiger partial charge >= 0.3 is 0 Å². The van der Waals surface area contributed by atoms with Gasteiger partial charge in [-0.15, -0.1) is 0 Å². The zero-order chi connectivity index (χ0) is 18.1. The number of halogens is 3. The van der Waals surface area contributed by atoms with Crippen LogP contribution in [-0.2, 0) is 0 Å². The molecule has 1 atom stereocenters. The number of hydrogen-bond acceptors (Lipinski definition) is 2. The topological polar surface area (TPSA) is 15.6 Å². The fourth-order valence-corrected chi connectivity index (χ4v) is 3.56. The Morgan fingerprint density at radius 1 is 0.769 bits per heavy atom. The van der Waals surface area contributed by atoms with Gasteiger partial charge in [-0.1, -0.05) is 65.1 Å². The van der Waals surface area contributed by atoms with E-state index in [1.807, 2.05) is 77.8 Å². The van der Waals surface area contributed by atoms with Crippen molar-refractivity contribution in [3.05, 3.63) is 99.0 Å². The Hall–Kier alpha value is -2.00. The molecule has 3 aromatic rings. The average molecular weight is 402 g/mol. The van der Waals surface area contributed by atoms with E-state index in [-0.39, 0.29) is 6.04 Å². The summed E-state index contributed by atoms with van der Waals surface area (Å²) in [5, 5.41) is 9.05. The summed E-state index contributed by atoms with van der Waals surface area (Å²) in [5.41, 5.74) is 4.20. The van der Waals surface area contributed by atoms with Gasteiger partial charge < -0.3 is 0 Å². The molecule has 1 heterocycles. The molecule has 0 fully saturated rings. The molecule has 0 aromatic heterocycles. The van der Waals surface area contributed by atoms with Gasteiger partial charge in [0.1, 0.15) is 0 Å². The van der Waals surface area contributed by atoms with Crippen LogP contribution < -0.4 is 5.01 Å². The molecule has 4 rings (SSSR count). The van der Waals surface area contributed by atoms with E-state index in [4.69, 9.17) is 39.9 Å². The molecule has 130 valence electrons. The Bertz CT molecular complexity index is 950. The van der Waals surface area contributed by atoms with Crippen LogP contribution >= 0.6 is 34.8 Å². The van der Waals surface area contributed by atoms with Crippen molar-refractivity contribution >= 4 is 46.2 Å². The molecule has 1 aliphatic rings. The van der Waals surface area contributed by atoms with E-state index >= 15 is 0 Å². The van der Waals surface area contributed by atoms with Crippen molar-refractivity contribution in [3.8, 4) is 0 Å². The third-order valence-electron chi connectivity index (χ3n) is 4.42. The van der Waals surface area contributed by atoms with Crippen LogP contribution in [0.3, 0.4) is 0 Å². The molecule has 0 saturated heterocycles. The first kappa shape index (κ1) is 17.4. The fourth-order valence-electron chi connectivity index (χ4n) is 3.13. The lowest BCUT2D eigenvalue weighted by molar-refractivity contribution is 0.709. The van der Waals surface area contributed by atoms with E-state index in [1.54, 1.807) is 0 Å². The van der Waals surface area contributed by atoms with Crippen molar-refractivity contribution in [1.29, 1.82) is 0 Å². The lowest BCUT2D eigenvalue weighted by atomic mass is 9.98. The van der Waals surface area contributed by atoms with E-state index in [1.165, 1.54) is 0 Å². The molecule has 0 N–H and O–H groups in total. The van der Waals surface area contributed by atoms with E-state index in [0.717, 1.165) is 34.0 Å². The highest BCUT2D eigenvalue weighted by atomic mass is 35.5. The third-order valence-corrected chi connectivity index (χ3v) is 5.15. The molecular formula is C21H15Cl3N2. The van der Waals surface area contributed by atoms with Crippen LogP contribution in [0.4, 0.5) is 5.69 Å². The SMILES string of the molecule is Clc1ccc(C2=NN(c3cccc(Cl)c3)[C@@H](c3ccc(Cl)cc3)C2)cc1. The van der Waals surface area contributed by atoms with Crippen LogP contribution in [-0.4, -0.2) is 5.71 Å². The lowest BCUT2D eigenvalue weighted by Gasteiger charge is -2.24. The quantitative estimate of drug-likeness (QED) is 0.461. The number of hydrazone groups is 1. The van der Waals surface area contributed by atoms with E-state index in [2.05, 4.69) is 0 Å². The Morgan fingerprint density at radius 3 is 2.08 bits per heavy atom. The first-order valence-electron chi connectivity index (χ1n) is 8.24. The van der Waals surface area contributed by atoms with Gasteiger partial charge in [-0.25, -0.2) is 0 Å². The molecule has 26 heavy (non-hydrogen) atoms. The summed E-state index contributed by atoms with van der Waals surface area (Å²) in [6.45, 7) is 0. The minimum Gasteiger partial charge on any atom is -0.257 e. The normalized spacial score (nSPS) is 16.7. The molecular weight excluding hydrogens is 387 g/mol. The van der Waals surface area contributed by atoms with Gasteiger partial charge in [0, 0.05) is 21.5 Å². The molecule has 2 nitrogen and oxygen atoms in total. The van der Waals surface area contributed by atoms with Gasteiger partial charge in [-0.2, -0.15) is 5.10 Å². The number of rotatable bonds is 3. The first-order valence-corrected chi connectivity index (χ1v) is 9.37. The minimum atomic E-state index is 0.0800. The maximum absolute atomic E-state index is 6.20. The highest BCUT2D eigenvalue weighted by Crippen LogP contribution is 2.37.